The van der Waals surface area contributed by atoms with Gasteiger partial charge in [0.25, 0.3) is 5.91 Å². The van der Waals surface area contributed by atoms with Gasteiger partial charge in [-0.1, -0.05) is 0 Å². The van der Waals surface area contributed by atoms with Crippen molar-refractivity contribution in [1.82, 2.24) is 9.88 Å². The highest BCUT2D eigenvalue weighted by Gasteiger charge is 2.13. The number of aromatic nitrogens is 1. The number of thiazole rings is 1. The Balaban J connectivity index is 2.93. The zero-order valence-corrected chi connectivity index (χ0v) is 7.18. The predicted molar refractivity (Wildman–Crippen MR) is 44.5 cm³/mol. The molecule has 0 spiro atoms. The quantitative estimate of drug-likeness (QED) is 0.666. The van der Waals surface area contributed by atoms with E-state index < -0.39 is 0 Å². The van der Waals surface area contributed by atoms with Crippen LogP contribution in [0.4, 0.5) is 5.00 Å². The average Bonchev–Trinajstić information content (AvgIpc) is 2.33. The molecule has 0 fully saturated rings. The van der Waals surface area contributed by atoms with Gasteiger partial charge in [-0.15, -0.1) is 11.3 Å². The van der Waals surface area contributed by atoms with Crippen LogP contribution in [0, 0.1) is 0 Å². The fourth-order valence-corrected chi connectivity index (χ4v) is 1.15. The molecule has 0 aliphatic rings. The van der Waals surface area contributed by atoms with Gasteiger partial charge in [-0.2, -0.15) is 0 Å². The highest BCUT2D eigenvalue weighted by molar-refractivity contribution is 7.14. The Morgan fingerprint density at radius 3 is 2.73 bits per heavy atom. The lowest BCUT2D eigenvalue weighted by atomic mass is 10.4. The summed E-state index contributed by atoms with van der Waals surface area (Å²) in [6.07, 6.45) is 0. The third kappa shape index (κ3) is 1.48. The maximum absolute atomic E-state index is 11.2. The van der Waals surface area contributed by atoms with Gasteiger partial charge in [0.1, 0.15) is 5.00 Å². The molecule has 0 radical (unpaired) electrons. The van der Waals surface area contributed by atoms with E-state index in [9.17, 15) is 4.79 Å². The number of carbonyl (C=O) groups is 1. The minimum atomic E-state index is -0.149. The van der Waals surface area contributed by atoms with E-state index in [-0.39, 0.29) is 5.91 Å². The number of amides is 1. The molecule has 0 unspecified atom stereocenters. The van der Waals surface area contributed by atoms with Crippen LogP contribution < -0.4 is 5.73 Å². The lowest BCUT2D eigenvalue weighted by Crippen LogP contribution is -2.22. The van der Waals surface area contributed by atoms with E-state index in [2.05, 4.69) is 4.98 Å². The van der Waals surface area contributed by atoms with E-state index in [1.807, 2.05) is 0 Å². The van der Waals surface area contributed by atoms with Crippen LogP contribution in [0.15, 0.2) is 5.51 Å². The lowest BCUT2D eigenvalue weighted by molar-refractivity contribution is 0.0824. The summed E-state index contributed by atoms with van der Waals surface area (Å²) in [5.41, 5.74) is 7.40. The van der Waals surface area contributed by atoms with Crippen molar-refractivity contribution < 1.29 is 4.79 Å². The summed E-state index contributed by atoms with van der Waals surface area (Å²) < 4.78 is 0. The van der Waals surface area contributed by atoms with Gasteiger partial charge in [0.05, 0.1) is 5.51 Å². The van der Waals surface area contributed by atoms with Crippen molar-refractivity contribution >= 4 is 22.2 Å². The molecular weight excluding hydrogens is 162 g/mol. The summed E-state index contributed by atoms with van der Waals surface area (Å²) in [5.74, 6) is -0.149. The molecule has 1 amide bonds. The number of hydrogen-bond acceptors (Lipinski definition) is 4. The van der Waals surface area contributed by atoms with Crippen LogP contribution in [0.5, 0.6) is 0 Å². The second kappa shape index (κ2) is 2.87. The molecule has 0 aromatic carbocycles. The Bertz CT molecular complexity index is 269. The normalized spacial score (nSPS) is 9.64. The molecule has 0 bridgehead atoms. The van der Waals surface area contributed by atoms with Gasteiger partial charge in [0, 0.05) is 14.1 Å². The minimum absolute atomic E-state index is 0.149. The first-order valence-corrected chi connectivity index (χ1v) is 3.91. The van der Waals surface area contributed by atoms with Crippen molar-refractivity contribution in [2.45, 2.75) is 0 Å². The molecule has 2 N–H and O–H groups in total. The van der Waals surface area contributed by atoms with E-state index in [1.54, 1.807) is 19.6 Å². The molecule has 11 heavy (non-hydrogen) atoms. The summed E-state index contributed by atoms with van der Waals surface area (Å²) in [6.45, 7) is 0. The van der Waals surface area contributed by atoms with Crippen molar-refractivity contribution in [2.24, 2.45) is 0 Å². The van der Waals surface area contributed by atoms with Gasteiger partial charge in [0.2, 0.25) is 0 Å². The van der Waals surface area contributed by atoms with Crippen molar-refractivity contribution in [3.63, 3.8) is 0 Å². The number of nitrogens with two attached hydrogens (primary N) is 1. The molecule has 4 nitrogen and oxygen atoms in total. The fourth-order valence-electron chi connectivity index (χ4n) is 0.628. The highest BCUT2D eigenvalue weighted by atomic mass is 32.1. The Morgan fingerprint density at radius 2 is 2.36 bits per heavy atom. The first kappa shape index (κ1) is 8.00. The van der Waals surface area contributed by atoms with Gasteiger partial charge >= 0.3 is 0 Å². The largest absolute Gasteiger partial charge is 0.389 e. The van der Waals surface area contributed by atoms with Gasteiger partial charge in [-0.05, 0) is 0 Å². The fraction of sp³-hybridized carbons (Fsp3) is 0.333. The zero-order chi connectivity index (χ0) is 8.43. The van der Waals surface area contributed by atoms with Crippen molar-refractivity contribution in [1.29, 1.82) is 0 Å². The smallest absolute Gasteiger partial charge is 0.274 e. The third-order valence-electron chi connectivity index (χ3n) is 1.20. The average molecular weight is 171 g/mol. The first-order valence-electron chi connectivity index (χ1n) is 3.03. The Labute approximate surface area is 68.6 Å². The summed E-state index contributed by atoms with van der Waals surface area (Å²) in [5, 5.41) is 0.476. The van der Waals surface area contributed by atoms with E-state index in [0.29, 0.717) is 10.7 Å². The molecule has 0 aliphatic heterocycles. The van der Waals surface area contributed by atoms with E-state index in [0.717, 1.165) is 0 Å². The molecular formula is C6H9N3OS. The van der Waals surface area contributed by atoms with Crippen LogP contribution in [-0.2, 0) is 0 Å². The monoisotopic (exact) mass is 171 g/mol. The number of nitrogens with zero attached hydrogens (tertiary/aromatic N) is 2. The van der Waals surface area contributed by atoms with Crippen molar-refractivity contribution in [3.8, 4) is 0 Å². The maximum Gasteiger partial charge on any atom is 0.274 e. The summed E-state index contributed by atoms with van der Waals surface area (Å²) in [6, 6.07) is 0. The number of hydrogen-bond donors (Lipinski definition) is 1. The second-order valence-corrected chi connectivity index (χ2v) is 3.15. The van der Waals surface area contributed by atoms with Crippen LogP contribution >= 0.6 is 11.3 Å². The highest BCUT2D eigenvalue weighted by Crippen LogP contribution is 2.15. The van der Waals surface area contributed by atoms with Gasteiger partial charge in [-0.25, -0.2) is 4.98 Å². The molecule has 1 heterocycles. The summed E-state index contributed by atoms with van der Waals surface area (Å²) in [7, 11) is 3.34. The number of carbonyl (C=O) groups excluding carboxylic acids is 1. The standard InChI is InChI=1S/C6H9N3OS/c1-9(2)6(10)4-5(7)11-3-8-4/h3H,7H2,1-2H3. The van der Waals surface area contributed by atoms with Crippen LogP contribution in [0.3, 0.4) is 0 Å². The number of anilines is 1. The van der Waals surface area contributed by atoms with Crippen LogP contribution in [0.25, 0.3) is 0 Å². The first-order chi connectivity index (χ1) is 5.13. The van der Waals surface area contributed by atoms with E-state index in [4.69, 9.17) is 5.73 Å². The molecule has 5 heteroatoms. The molecule has 0 saturated carbocycles. The number of nitrogen functional groups attached to an aromatic ring is 1. The summed E-state index contributed by atoms with van der Waals surface area (Å²) >= 11 is 1.27. The molecule has 0 atom stereocenters. The Hall–Kier alpha value is -1.10. The topological polar surface area (TPSA) is 59.2 Å². The molecule has 0 saturated heterocycles. The zero-order valence-electron chi connectivity index (χ0n) is 6.37. The SMILES string of the molecule is CN(C)C(=O)c1ncsc1N. The maximum atomic E-state index is 11.2. The van der Waals surface area contributed by atoms with Gasteiger partial charge < -0.3 is 10.6 Å². The van der Waals surface area contributed by atoms with Crippen molar-refractivity contribution in [3.05, 3.63) is 11.2 Å². The minimum Gasteiger partial charge on any atom is -0.389 e. The second-order valence-electron chi connectivity index (χ2n) is 2.26. The van der Waals surface area contributed by atoms with E-state index >= 15 is 0 Å². The van der Waals surface area contributed by atoms with Crippen LogP contribution in [0.2, 0.25) is 0 Å². The molecule has 0 aliphatic carbocycles. The third-order valence-corrected chi connectivity index (χ3v) is 1.86. The van der Waals surface area contributed by atoms with Gasteiger partial charge in [-0.3, -0.25) is 4.79 Å². The van der Waals surface area contributed by atoms with Crippen LogP contribution in [0.1, 0.15) is 10.5 Å². The van der Waals surface area contributed by atoms with E-state index in [1.165, 1.54) is 16.2 Å². The Kier molecular flexibility index (Phi) is 2.09. The van der Waals surface area contributed by atoms with Crippen molar-refractivity contribution in [2.75, 3.05) is 19.8 Å². The number of rotatable bonds is 1. The van der Waals surface area contributed by atoms with Crippen LogP contribution in [-0.4, -0.2) is 29.9 Å². The summed E-state index contributed by atoms with van der Waals surface area (Å²) in [4.78, 5) is 16.5. The molecule has 1 aromatic rings. The lowest BCUT2D eigenvalue weighted by Gasteiger charge is -2.07. The Morgan fingerprint density at radius 1 is 1.73 bits per heavy atom. The molecule has 1 aromatic heterocycles. The molecule has 1 rings (SSSR count). The van der Waals surface area contributed by atoms with Gasteiger partial charge in [0.15, 0.2) is 5.69 Å². The molecule has 60 valence electrons. The predicted octanol–water partition coefficient (Wildman–Crippen LogP) is 0.427.